The quantitative estimate of drug-likeness (QED) is 0.272. The molecule has 0 aliphatic rings. The Labute approximate surface area is 198 Å². The van der Waals surface area contributed by atoms with Crippen molar-refractivity contribution in [1.82, 2.24) is 5.43 Å². The highest BCUT2D eigenvalue weighted by atomic mass is 16.5. The lowest BCUT2D eigenvalue weighted by molar-refractivity contribution is -0.136. The van der Waals surface area contributed by atoms with Crippen LogP contribution in [0.15, 0.2) is 77.9 Å². The van der Waals surface area contributed by atoms with Gasteiger partial charge >= 0.3 is 11.8 Å². The second kappa shape index (κ2) is 12.0. The van der Waals surface area contributed by atoms with Gasteiger partial charge in [-0.1, -0.05) is 37.3 Å². The molecule has 0 aliphatic heterocycles. The number of ether oxygens (including phenoxy) is 1. The number of aryl methyl sites for hydroxylation is 2. The van der Waals surface area contributed by atoms with E-state index < -0.39 is 11.8 Å². The molecule has 34 heavy (non-hydrogen) atoms. The molecule has 0 unspecified atom stereocenters. The van der Waals surface area contributed by atoms with E-state index in [0.29, 0.717) is 22.7 Å². The molecule has 3 N–H and O–H groups in total. The lowest BCUT2D eigenvalue weighted by Gasteiger charge is -2.08. The summed E-state index contributed by atoms with van der Waals surface area (Å²) in [5.41, 5.74) is 6.17. The highest BCUT2D eigenvalue weighted by Gasteiger charge is 2.14. The van der Waals surface area contributed by atoms with Crippen LogP contribution in [0.3, 0.4) is 0 Å². The third-order valence-electron chi connectivity index (χ3n) is 4.78. The number of carbonyl (C=O) groups excluding carboxylic acids is 3. The molecule has 174 valence electrons. The van der Waals surface area contributed by atoms with Crippen molar-refractivity contribution in [2.45, 2.75) is 20.3 Å². The smallest absolute Gasteiger partial charge is 0.329 e. The molecule has 3 amide bonds. The van der Waals surface area contributed by atoms with Gasteiger partial charge in [0.2, 0.25) is 0 Å². The molecule has 0 aliphatic carbocycles. The fraction of sp³-hybridized carbons (Fsp3) is 0.154. The molecule has 0 heterocycles. The van der Waals surface area contributed by atoms with Gasteiger partial charge in [0.1, 0.15) is 5.75 Å². The highest BCUT2D eigenvalue weighted by Crippen LogP contribution is 2.15. The van der Waals surface area contributed by atoms with Crippen LogP contribution in [0.25, 0.3) is 0 Å². The second-order valence-corrected chi connectivity index (χ2v) is 7.44. The number of nitrogens with one attached hydrogen (secondary N) is 3. The predicted molar refractivity (Wildman–Crippen MR) is 132 cm³/mol. The first-order chi connectivity index (χ1) is 16.4. The fourth-order valence-corrected chi connectivity index (χ4v) is 3.06. The van der Waals surface area contributed by atoms with Crippen molar-refractivity contribution >= 4 is 35.3 Å². The molecule has 3 aromatic rings. The van der Waals surface area contributed by atoms with Gasteiger partial charge in [-0.05, 0) is 72.5 Å². The maximum absolute atomic E-state index is 12.1. The topological polar surface area (TPSA) is 109 Å². The Morgan fingerprint density at radius 1 is 0.912 bits per heavy atom. The number of benzene rings is 3. The molecule has 0 bridgehead atoms. The maximum atomic E-state index is 12.1. The van der Waals surface area contributed by atoms with E-state index in [-0.39, 0.29) is 12.5 Å². The summed E-state index contributed by atoms with van der Waals surface area (Å²) in [6.07, 6.45) is 2.13. The lowest BCUT2D eigenvalue weighted by Crippen LogP contribution is -2.32. The minimum absolute atomic E-state index is 0.131. The van der Waals surface area contributed by atoms with Gasteiger partial charge in [-0.15, -0.1) is 0 Å². The first kappa shape index (κ1) is 24.2. The molecule has 0 spiro atoms. The van der Waals surface area contributed by atoms with E-state index >= 15 is 0 Å². The number of hydrogen-bond donors (Lipinski definition) is 3. The summed E-state index contributed by atoms with van der Waals surface area (Å²) in [5.74, 6) is -1.43. The number of hydrogen-bond acceptors (Lipinski definition) is 5. The summed E-state index contributed by atoms with van der Waals surface area (Å²) >= 11 is 0. The van der Waals surface area contributed by atoms with Gasteiger partial charge in [-0.25, -0.2) is 5.43 Å². The van der Waals surface area contributed by atoms with Gasteiger partial charge in [0.25, 0.3) is 5.91 Å². The largest absolute Gasteiger partial charge is 0.484 e. The normalized spacial score (nSPS) is 10.5. The zero-order valence-electron chi connectivity index (χ0n) is 19.0. The summed E-state index contributed by atoms with van der Waals surface area (Å²) in [5, 5.41) is 9.17. The van der Waals surface area contributed by atoms with Gasteiger partial charge in [-0.2, -0.15) is 5.10 Å². The third kappa shape index (κ3) is 7.30. The standard InChI is InChI=1S/C26H26N4O4/c1-3-20-8-4-5-10-23(20)29-25(32)26(33)30-27-16-19-11-13-22(14-12-19)34-17-24(31)28-21-9-6-7-18(2)15-21/h4-16H,3,17H2,1-2H3,(H,28,31)(H,29,32)(H,30,33)/b27-16-. The molecule has 0 radical (unpaired) electrons. The molecule has 0 aromatic heterocycles. The van der Waals surface area contributed by atoms with Gasteiger partial charge in [0.15, 0.2) is 6.61 Å². The first-order valence-electron chi connectivity index (χ1n) is 10.8. The molecule has 0 atom stereocenters. The number of amides is 3. The van der Waals surface area contributed by atoms with E-state index in [2.05, 4.69) is 21.2 Å². The van der Waals surface area contributed by atoms with E-state index in [1.807, 2.05) is 50.2 Å². The average molecular weight is 459 g/mol. The van der Waals surface area contributed by atoms with Crippen LogP contribution in [-0.2, 0) is 20.8 Å². The zero-order chi connectivity index (χ0) is 24.3. The van der Waals surface area contributed by atoms with Crippen LogP contribution in [0.1, 0.15) is 23.6 Å². The molecule has 0 fully saturated rings. The van der Waals surface area contributed by atoms with Crippen LogP contribution in [0.5, 0.6) is 5.75 Å². The number of anilines is 2. The molecule has 0 saturated heterocycles. The Morgan fingerprint density at radius 3 is 2.41 bits per heavy atom. The minimum atomic E-state index is -0.873. The summed E-state index contributed by atoms with van der Waals surface area (Å²) in [6, 6.07) is 21.6. The Balaban J connectivity index is 1.44. The lowest BCUT2D eigenvalue weighted by atomic mass is 10.1. The van der Waals surface area contributed by atoms with E-state index in [4.69, 9.17) is 4.74 Å². The molecule has 3 aromatic carbocycles. The van der Waals surface area contributed by atoms with Crippen molar-refractivity contribution < 1.29 is 19.1 Å². The van der Waals surface area contributed by atoms with Crippen molar-refractivity contribution in [3.8, 4) is 5.75 Å². The second-order valence-electron chi connectivity index (χ2n) is 7.44. The molecule has 0 saturated carbocycles. The number of hydrazone groups is 1. The van der Waals surface area contributed by atoms with Crippen LogP contribution in [-0.4, -0.2) is 30.5 Å². The van der Waals surface area contributed by atoms with Crippen molar-refractivity contribution in [1.29, 1.82) is 0 Å². The molecular weight excluding hydrogens is 432 g/mol. The Hall–Kier alpha value is -4.46. The summed E-state index contributed by atoms with van der Waals surface area (Å²) < 4.78 is 5.50. The van der Waals surface area contributed by atoms with E-state index in [9.17, 15) is 14.4 Å². The van der Waals surface area contributed by atoms with Gasteiger partial charge in [0, 0.05) is 11.4 Å². The Bertz CT molecular complexity index is 1190. The monoisotopic (exact) mass is 458 g/mol. The van der Waals surface area contributed by atoms with Crippen molar-refractivity contribution in [2.24, 2.45) is 5.10 Å². The van der Waals surface area contributed by atoms with Crippen molar-refractivity contribution in [3.63, 3.8) is 0 Å². The zero-order valence-corrected chi connectivity index (χ0v) is 19.0. The molecule has 8 nitrogen and oxygen atoms in total. The number of carbonyl (C=O) groups is 3. The minimum Gasteiger partial charge on any atom is -0.484 e. The third-order valence-corrected chi connectivity index (χ3v) is 4.78. The molecular formula is C26H26N4O4. The summed E-state index contributed by atoms with van der Waals surface area (Å²) in [7, 11) is 0. The predicted octanol–water partition coefficient (Wildman–Crippen LogP) is 3.66. The molecule has 3 rings (SSSR count). The number of para-hydroxylation sites is 1. The van der Waals surface area contributed by atoms with Crippen LogP contribution in [0.4, 0.5) is 11.4 Å². The average Bonchev–Trinajstić information content (AvgIpc) is 2.84. The SMILES string of the molecule is CCc1ccccc1NC(=O)C(=O)N/N=C\c1ccc(OCC(=O)Nc2cccc(C)c2)cc1. The fourth-order valence-electron chi connectivity index (χ4n) is 3.06. The summed E-state index contributed by atoms with van der Waals surface area (Å²) in [6.45, 7) is 3.78. The van der Waals surface area contributed by atoms with Crippen LogP contribution in [0, 0.1) is 6.92 Å². The maximum Gasteiger partial charge on any atom is 0.329 e. The van der Waals surface area contributed by atoms with E-state index in [0.717, 1.165) is 17.5 Å². The summed E-state index contributed by atoms with van der Waals surface area (Å²) in [4.78, 5) is 36.1. The van der Waals surface area contributed by atoms with Crippen molar-refractivity contribution in [3.05, 3.63) is 89.5 Å². The first-order valence-corrected chi connectivity index (χ1v) is 10.8. The van der Waals surface area contributed by atoms with E-state index in [1.54, 1.807) is 36.4 Å². The van der Waals surface area contributed by atoms with Gasteiger partial charge in [0.05, 0.1) is 6.21 Å². The number of rotatable bonds is 8. The number of nitrogens with zero attached hydrogens (tertiary/aromatic N) is 1. The van der Waals surface area contributed by atoms with Gasteiger partial charge < -0.3 is 15.4 Å². The van der Waals surface area contributed by atoms with Crippen molar-refractivity contribution in [2.75, 3.05) is 17.2 Å². The van der Waals surface area contributed by atoms with Gasteiger partial charge in [-0.3, -0.25) is 14.4 Å². The Kier molecular flexibility index (Phi) is 8.51. The molecule has 8 heteroatoms. The van der Waals surface area contributed by atoms with Crippen LogP contribution >= 0.6 is 0 Å². The van der Waals surface area contributed by atoms with E-state index in [1.165, 1.54) is 6.21 Å². The van der Waals surface area contributed by atoms with Crippen LogP contribution < -0.4 is 20.8 Å². The van der Waals surface area contributed by atoms with Crippen LogP contribution in [0.2, 0.25) is 0 Å². The Morgan fingerprint density at radius 2 is 1.68 bits per heavy atom. The highest BCUT2D eigenvalue weighted by molar-refractivity contribution is 6.39.